The molecule has 0 saturated carbocycles. The Bertz CT molecular complexity index is 403. The van der Waals surface area contributed by atoms with Crippen molar-refractivity contribution in [2.24, 2.45) is 5.41 Å². The fourth-order valence-electron chi connectivity index (χ4n) is 3.77. The van der Waals surface area contributed by atoms with Crippen LogP contribution < -0.4 is 5.32 Å². The summed E-state index contributed by atoms with van der Waals surface area (Å²) in [4.78, 5) is 2.69. The number of nitrogens with zero attached hydrogens (tertiary/aromatic N) is 1. The lowest BCUT2D eigenvalue weighted by Gasteiger charge is -2.34. The lowest BCUT2D eigenvalue weighted by molar-refractivity contribution is 0.172. The molecule has 2 rings (SSSR count). The van der Waals surface area contributed by atoms with Gasteiger partial charge in [-0.3, -0.25) is 0 Å². The largest absolute Gasteiger partial charge is 0.316 e. The summed E-state index contributed by atoms with van der Waals surface area (Å²) in [7, 11) is 0. The number of likely N-dealkylation sites (tertiary alicyclic amines) is 1. The smallest absolute Gasteiger partial charge is 0.00510 e. The molecular formula is C19H32N2. The molecule has 0 amide bonds. The Morgan fingerprint density at radius 3 is 2.67 bits per heavy atom. The average molecular weight is 288 g/mol. The molecule has 1 aromatic rings. The molecule has 2 atom stereocenters. The van der Waals surface area contributed by atoms with Gasteiger partial charge in [0.1, 0.15) is 0 Å². The summed E-state index contributed by atoms with van der Waals surface area (Å²) in [5.41, 5.74) is 1.93. The van der Waals surface area contributed by atoms with Crippen LogP contribution >= 0.6 is 0 Å². The molecule has 2 heteroatoms. The van der Waals surface area contributed by atoms with E-state index in [4.69, 9.17) is 0 Å². The zero-order valence-electron chi connectivity index (χ0n) is 14.1. The number of hydrogen-bond donors (Lipinski definition) is 1. The zero-order valence-corrected chi connectivity index (χ0v) is 14.1. The van der Waals surface area contributed by atoms with E-state index in [0.29, 0.717) is 5.41 Å². The second kappa shape index (κ2) is 7.95. The minimum Gasteiger partial charge on any atom is -0.316 e. The van der Waals surface area contributed by atoms with E-state index in [1.165, 1.54) is 44.5 Å². The van der Waals surface area contributed by atoms with Gasteiger partial charge < -0.3 is 10.2 Å². The summed E-state index contributed by atoms with van der Waals surface area (Å²) in [5.74, 6) is 0.733. The van der Waals surface area contributed by atoms with Gasteiger partial charge in [0.25, 0.3) is 0 Å². The first-order valence-electron chi connectivity index (χ1n) is 8.65. The first kappa shape index (κ1) is 16.5. The predicted octanol–water partition coefficient (Wildman–Crippen LogP) is 3.89. The Kier molecular flexibility index (Phi) is 6.25. The summed E-state index contributed by atoms with van der Waals surface area (Å²) in [6.07, 6.45) is 3.90. The molecule has 1 aliphatic heterocycles. The first-order valence-corrected chi connectivity index (χ1v) is 8.65. The number of benzene rings is 1. The maximum atomic E-state index is 3.56. The molecule has 1 saturated heterocycles. The van der Waals surface area contributed by atoms with Gasteiger partial charge in [0.2, 0.25) is 0 Å². The zero-order chi connectivity index (χ0) is 15.1. The van der Waals surface area contributed by atoms with E-state index in [0.717, 1.165) is 19.0 Å². The quantitative estimate of drug-likeness (QED) is 0.780. The summed E-state index contributed by atoms with van der Waals surface area (Å²) in [6, 6.07) is 11.0. The van der Waals surface area contributed by atoms with Crippen LogP contribution in [0.4, 0.5) is 0 Å². The van der Waals surface area contributed by atoms with Crippen LogP contribution in [0.25, 0.3) is 0 Å². The monoisotopic (exact) mass is 288 g/mol. The van der Waals surface area contributed by atoms with Gasteiger partial charge >= 0.3 is 0 Å². The molecule has 2 unspecified atom stereocenters. The molecule has 0 radical (unpaired) electrons. The molecule has 1 aliphatic rings. The van der Waals surface area contributed by atoms with Crippen LogP contribution in [0.1, 0.15) is 51.5 Å². The third-order valence-electron chi connectivity index (χ3n) is 4.80. The molecule has 118 valence electrons. The van der Waals surface area contributed by atoms with E-state index in [2.05, 4.69) is 61.3 Å². The third kappa shape index (κ3) is 4.82. The average Bonchev–Trinajstić information content (AvgIpc) is 2.94. The van der Waals surface area contributed by atoms with Crippen LogP contribution in [-0.2, 0) is 0 Å². The highest BCUT2D eigenvalue weighted by molar-refractivity contribution is 5.21. The fourth-order valence-corrected chi connectivity index (χ4v) is 3.77. The van der Waals surface area contributed by atoms with Crippen LogP contribution in [0.2, 0.25) is 0 Å². The summed E-state index contributed by atoms with van der Waals surface area (Å²) >= 11 is 0. The summed E-state index contributed by atoms with van der Waals surface area (Å²) in [6.45, 7) is 12.9. The van der Waals surface area contributed by atoms with Crippen LogP contribution in [0.15, 0.2) is 30.3 Å². The van der Waals surface area contributed by atoms with E-state index in [1.807, 2.05) is 0 Å². The molecular weight excluding hydrogens is 256 g/mol. The van der Waals surface area contributed by atoms with Crippen molar-refractivity contribution >= 4 is 0 Å². The van der Waals surface area contributed by atoms with Gasteiger partial charge in [0.15, 0.2) is 0 Å². The van der Waals surface area contributed by atoms with E-state index in [9.17, 15) is 0 Å². The highest BCUT2D eigenvalue weighted by atomic mass is 15.2. The molecule has 1 fully saturated rings. The van der Waals surface area contributed by atoms with Gasteiger partial charge in [-0.05, 0) is 42.8 Å². The lowest BCUT2D eigenvalue weighted by Crippen LogP contribution is -2.41. The fraction of sp³-hybridized carbons (Fsp3) is 0.684. The van der Waals surface area contributed by atoms with Gasteiger partial charge in [-0.15, -0.1) is 0 Å². The topological polar surface area (TPSA) is 15.3 Å². The SMILES string of the molecule is CCCC(C)(CNCC)CN1CCC(c2ccccc2)C1. The van der Waals surface area contributed by atoms with E-state index >= 15 is 0 Å². The van der Waals surface area contributed by atoms with Gasteiger partial charge in [-0.1, -0.05) is 57.5 Å². The van der Waals surface area contributed by atoms with Crippen molar-refractivity contribution in [2.75, 3.05) is 32.7 Å². The van der Waals surface area contributed by atoms with Gasteiger partial charge in [-0.2, -0.15) is 0 Å². The molecule has 1 N–H and O–H groups in total. The van der Waals surface area contributed by atoms with E-state index in [1.54, 1.807) is 0 Å². The van der Waals surface area contributed by atoms with Crippen molar-refractivity contribution in [1.29, 1.82) is 0 Å². The third-order valence-corrected chi connectivity index (χ3v) is 4.80. The Balaban J connectivity index is 1.90. The van der Waals surface area contributed by atoms with Crippen LogP contribution in [0.5, 0.6) is 0 Å². The molecule has 0 bridgehead atoms. The normalized spacial score (nSPS) is 22.3. The molecule has 2 nitrogen and oxygen atoms in total. The van der Waals surface area contributed by atoms with Crippen LogP contribution in [-0.4, -0.2) is 37.6 Å². The maximum Gasteiger partial charge on any atom is 0.00510 e. The number of rotatable bonds is 8. The van der Waals surface area contributed by atoms with E-state index < -0.39 is 0 Å². The molecule has 21 heavy (non-hydrogen) atoms. The minimum atomic E-state index is 0.413. The van der Waals surface area contributed by atoms with Crippen LogP contribution in [0, 0.1) is 5.41 Å². The number of hydrogen-bond acceptors (Lipinski definition) is 2. The van der Waals surface area contributed by atoms with Gasteiger partial charge in [0, 0.05) is 19.6 Å². The second-order valence-corrected chi connectivity index (χ2v) is 6.97. The van der Waals surface area contributed by atoms with Crippen molar-refractivity contribution in [2.45, 2.75) is 46.0 Å². The Morgan fingerprint density at radius 1 is 1.24 bits per heavy atom. The summed E-state index contributed by atoms with van der Waals surface area (Å²) in [5, 5.41) is 3.56. The van der Waals surface area contributed by atoms with Crippen LogP contribution in [0.3, 0.4) is 0 Å². The standard InChI is InChI=1S/C19H32N2/c1-4-12-19(3,15-20-5-2)16-21-13-11-18(14-21)17-9-7-6-8-10-17/h6-10,18,20H,4-5,11-16H2,1-3H3. The highest BCUT2D eigenvalue weighted by Crippen LogP contribution is 2.31. The van der Waals surface area contributed by atoms with Gasteiger partial charge in [0.05, 0.1) is 0 Å². The Morgan fingerprint density at radius 2 is 2.00 bits per heavy atom. The molecule has 0 aliphatic carbocycles. The number of nitrogens with one attached hydrogen (secondary N) is 1. The van der Waals surface area contributed by atoms with Crippen molar-refractivity contribution in [1.82, 2.24) is 10.2 Å². The maximum absolute atomic E-state index is 3.56. The first-order chi connectivity index (χ1) is 10.2. The van der Waals surface area contributed by atoms with Crippen molar-refractivity contribution in [3.05, 3.63) is 35.9 Å². The lowest BCUT2D eigenvalue weighted by atomic mass is 9.84. The molecule has 0 aromatic heterocycles. The molecule has 1 heterocycles. The second-order valence-electron chi connectivity index (χ2n) is 6.97. The summed E-state index contributed by atoms with van der Waals surface area (Å²) < 4.78 is 0. The van der Waals surface area contributed by atoms with Crippen molar-refractivity contribution < 1.29 is 0 Å². The predicted molar refractivity (Wildman–Crippen MR) is 91.8 cm³/mol. The molecule has 1 aromatic carbocycles. The Hall–Kier alpha value is -0.860. The van der Waals surface area contributed by atoms with E-state index in [-0.39, 0.29) is 0 Å². The highest BCUT2D eigenvalue weighted by Gasteiger charge is 2.30. The van der Waals surface area contributed by atoms with Crippen molar-refractivity contribution in [3.8, 4) is 0 Å². The van der Waals surface area contributed by atoms with Gasteiger partial charge in [-0.25, -0.2) is 0 Å². The molecule has 0 spiro atoms. The van der Waals surface area contributed by atoms with Crippen molar-refractivity contribution in [3.63, 3.8) is 0 Å². The Labute approximate surface area is 130 Å². The minimum absolute atomic E-state index is 0.413.